The van der Waals surface area contributed by atoms with E-state index in [4.69, 9.17) is 11.6 Å². The standard InChI is InChI=1S/C18H16BrClN2O2/c1-22(12-17(23)21-16-9-5-4-8-15(16)20)18(24)11-10-13-6-2-3-7-14(13)19/h2-11H,12H2,1H3,(H,21,23)/b11-10+. The molecule has 6 heteroatoms. The molecule has 0 atom stereocenters. The van der Waals surface area contributed by atoms with Crippen LogP contribution in [0.25, 0.3) is 6.08 Å². The quantitative estimate of drug-likeness (QED) is 0.755. The summed E-state index contributed by atoms with van der Waals surface area (Å²) in [4.78, 5) is 25.4. The normalized spacial score (nSPS) is 10.6. The van der Waals surface area contributed by atoms with Crippen LogP contribution in [0.2, 0.25) is 5.02 Å². The first kappa shape index (κ1) is 18.2. The molecule has 0 fully saturated rings. The van der Waals surface area contributed by atoms with Crippen molar-refractivity contribution in [3.8, 4) is 0 Å². The van der Waals surface area contributed by atoms with Crippen molar-refractivity contribution in [2.24, 2.45) is 0 Å². The summed E-state index contributed by atoms with van der Waals surface area (Å²) in [5.74, 6) is -0.576. The number of rotatable bonds is 5. The van der Waals surface area contributed by atoms with E-state index in [-0.39, 0.29) is 18.4 Å². The number of amides is 2. The molecule has 0 aromatic heterocycles. The Kier molecular flexibility index (Phi) is 6.58. The fourth-order valence-corrected chi connectivity index (χ4v) is 2.54. The fraction of sp³-hybridized carbons (Fsp3) is 0.111. The van der Waals surface area contributed by atoms with E-state index in [0.29, 0.717) is 10.7 Å². The van der Waals surface area contributed by atoms with Crippen LogP contribution in [0.5, 0.6) is 0 Å². The second-order valence-electron chi connectivity index (χ2n) is 5.08. The highest BCUT2D eigenvalue weighted by atomic mass is 79.9. The largest absolute Gasteiger partial charge is 0.333 e. The van der Waals surface area contributed by atoms with Crippen LogP contribution < -0.4 is 5.32 Å². The van der Waals surface area contributed by atoms with Crippen LogP contribution in [0, 0.1) is 0 Å². The molecular formula is C18H16BrClN2O2. The minimum atomic E-state index is -0.312. The average molecular weight is 408 g/mol. The second-order valence-corrected chi connectivity index (χ2v) is 6.34. The number of hydrogen-bond acceptors (Lipinski definition) is 2. The van der Waals surface area contributed by atoms with Gasteiger partial charge in [0.1, 0.15) is 0 Å². The Labute approximate surface area is 154 Å². The zero-order chi connectivity index (χ0) is 17.5. The first-order chi connectivity index (χ1) is 11.5. The van der Waals surface area contributed by atoms with E-state index in [9.17, 15) is 9.59 Å². The first-order valence-electron chi connectivity index (χ1n) is 7.19. The molecule has 2 aromatic carbocycles. The van der Waals surface area contributed by atoms with Crippen molar-refractivity contribution in [3.63, 3.8) is 0 Å². The van der Waals surface area contributed by atoms with Gasteiger partial charge in [-0.2, -0.15) is 0 Å². The van der Waals surface area contributed by atoms with Gasteiger partial charge in [0.2, 0.25) is 11.8 Å². The van der Waals surface area contributed by atoms with Crippen molar-refractivity contribution in [2.75, 3.05) is 18.9 Å². The third-order valence-electron chi connectivity index (χ3n) is 3.22. The minimum Gasteiger partial charge on any atom is -0.333 e. The van der Waals surface area contributed by atoms with Gasteiger partial charge in [0.15, 0.2) is 0 Å². The van der Waals surface area contributed by atoms with Crippen LogP contribution in [-0.2, 0) is 9.59 Å². The summed E-state index contributed by atoms with van der Waals surface area (Å²) in [5, 5.41) is 3.13. The fourth-order valence-electron chi connectivity index (χ4n) is 1.94. The SMILES string of the molecule is CN(CC(=O)Nc1ccccc1Cl)C(=O)/C=C/c1ccccc1Br. The number of hydrogen-bond donors (Lipinski definition) is 1. The smallest absolute Gasteiger partial charge is 0.246 e. The van der Waals surface area contributed by atoms with Crippen molar-refractivity contribution in [2.45, 2.75) is 0 Å². The van der Waals surface area contributed by atoms with E-state index < -0.39 is 0 Å². The lowest BCUT2D eigenvalue weighted by atomic mass is 10.2. The molecule has 1 N–H and O–H groups in total. The number of halogens is 2. The zero-order valence-electron chi connectivity index (χ0n) is 13.0. The summed E-state index contributed by atoms with van der Waals surface area (Å²) in [6.45, 7) is -0.0651. The number of carbonyl (C=O) groups excluding carboxylic acids is 2. The van der Waals surface area contributed by atoms with E-state index in [0.717, 1.165) is 10.0 Å². The summed E-state index contributed by atoms with van der Waals surface area (Å²) in [5.41, 5.74) is 1.41. The number of benzene rings is 2. The third kappa shape index (κ3) is 5.22. The molecule has 2 aromatic rings. The number of nitrogens with one attached hydrogen (secondary N) is 1. The van der Waals surface area contributed by atoms with Gasteiger partial charge < -0.3 is 10.2 Å². The monoisotopic (exact) mass is 406 g/mol. The molecule has 2 rings (SSSR count). The van der Waals surface area contributed by atoms with Crippen LogP contribution in [0.1, 0.15) is 5.56 Å². The van der Waals surface area contributed by atoms with Gasteiger partial charge in [-0.25, -0.2) is 0 Å². The Balaban J connectivity index is 1.93. The molecule has 0 saturated heterocycles. The Morgan fingerprint density at radius 1 is 1.17 bits per heavy atom. The predicted molar refractivity (Wildman–Crippen MR) is 101 cm³/mol. The van der Waals surface area contributed by atoms with Crippen LogP contribution in [-0.4, -0.2) is 30.3 Å². The maximum Gasteiger partial charge on any atom is 0.246 e. The zero-order valence-corrected chi connectivity index (χ0v) is 15.3. The molecule has 0 radical (unpaired) electrons. The number of likely N-dealkylation sites (N-methyl/N-ethyl adjacent to an activating group) is 1. The topological polar surface area (TPSA) is 49.4 Å². The van der Waals surface area contributed by atoms with Crippen LogP contribution in [0.15, 0.2) is 59.1 Å². The van der Waals surface area contributed by atoms with Crippen molar-refractivity contribution in [1.29, 1.82) is 0 Å². The molecule has 24 heavy (non-hydrogen) atoms. The van der Waals surface area contributed by atoms with Crippen molar-refractivity contribution >= 4 is 51.1 Å². The molecule has 2 amide bonds. The summed E-state index contributed by atoms with van der Waals surface area (Å²) < 4.78 is 0.896. The van der Waals surface area contributed by atoms with Crippen LogP contribution in [0.4, 0.5) is 5.69 Å². The summed E-state index contributed by atoms with van der Waals surface area (Å²) in [7, 11) is 1.57. The molecule has 0 spiro atoms. The van der Waals surface area contributed by atoms with E-state index in [1.807, 2.05) is 24.3 Å². The predicted octanol–water partition coefficient (Wildman–Crippen LogP) is 4.21. The molecule has 0 unspecified atom stereocenters. The molecule has 0 heterocycles. The van der Waals surface area contributed by atoms with E-state index in [1.165, 1.54) is 11.0 Å². The van der Waals surface area contributed by atoms with Crippen LogP contribution >= 0.6 is 27.5 Å². The van der Waals surface area contributed by atoms with Crippen molar-refractivity contribution < 1.29 is 9.59 Å². The van der Waals surface area contributed by atoms with Gasteiger partial charge in [-0.15, -0.1) is 0 Å². The highest BCUT2D eigenvalue weighted by molar-refractivity contribution is 9.10. The molecule has 0 bridgehead atoms. The van der Waals surface area contributed by atoms with Gasteiger partial charge in [-0.3, -0.25) is 9.59 Å². The van der Waals surface area contributed by atoms with Crippen molar-refractivity contribution in [3.05, 3.63) is 69.7 Å². The lowest BCUT2D eigenvalue weighted by molar-refractivity contribution is -0.129. The average Bonchev–Trinajstić information content (AvgIpc) is 2.56. The van der Waals surface area contributed by atoms with Gasteiger partial charge in [0, 0.05) is 17.6 Å². The Bertz CT molecular complexity index is 777. The van der Waals surface area contributed by atoms with E-state index in [1.54, 1.807) is 37.4 Å². The van der Waals surface area contributed by atoms with Gasteiger partial charge in [0.05, 0.1) is 17.3 Å². The first-order valence-corrected chi connectivity index (χ1v) is 8.36. The summed E-state index contributed by atoms with van der Waals surface area (Å²) in [6.07, 6.45) is 3.14. The molecule has 0 aliphatic heterocycles. The van der Waals surface area contributed by atoms with Gasteiger partial charge in [-0.1, -0.05) is 57.9 Å². The van der Waals surface area contributed by atoms with Crippen LogP contribution in [0.3, 0.4) is 0 Å². The minimum absolute atomic E-state index is 0.0651. The molecule has 0 aliphatic rings. The van der Waals surface area contributed by atoms with E-state index in [2.05, 4.69) is 21.2 Å². The number of para-hydroxylation sites is 1. The number of carbonyl (C=O) groups is 2. The highest BCUT2D eigenvalue weighted by Gasteiger charge is 2.12. The van der Waals surface area contributed by atoms with Gasteiger partial charge in [-0.05, 0) is 29.8 Å². The summed E-state index contributed by atoms with van der Waals surface area (Å²) >= 11 is 9.40. The third-order valence-corrected chi connectivity index (χ3v) is 4.27. The molecule has 124 valence electrons. The Morgan fingerprint density at radius 2 is 1.83 bits per heavy atom. The second kappa shape index (κ2) is 8.66. The molecule has 4 nitrogen and oxygen atoms in total. The van der Waals surface area contributed by atoms with Gasteiger partial charge in [0.25, 0.3) is 0 Å². The number of anilines is 1. The Hall–Kier alpha value is -2.11. The maximum absolute atomic E-state index is 12.1. The number of nitrogens with zero attached hydrogens (tertiary/aromatic N) is 1. The molecule has 0 aliphatic carbocycles. The van der Waals surface area contributed by atoms with E-state index >= 15 is 0 Å². The molecular weight excluding hydrogens is 392 g/mol. The lowest BCUT2D eigenvalue weighted by Crippen LogP contribution is -2.33. The summed E-state index contributed by atoms with van der Waals surface area (Å²) in [6, 6.07) is 14.5. The maximum atomic E-state index is 12.1. The van der Waals surface area contributed by atoms with Crippen molar-refractivity contribution in [1.82, 2.24) is 4.90 Å². The lowest BCUT2D eigenvalue weighted by Gasteiger charge is -2.15. The highest BCUT2D eigenvalue weighted by Crippen LogP contribution is 2.20. The molecule has 0 saturated carbocycles. The Morgan fingerprint density at radius 3 is 2.54 bits per heavy atom. The van der Waals surface area contributed by atoms with Gasteiger partial charge >= 0.3 is 0 Å².